The minimum atomic E-state index is 0.333. The molecule has 0 bridgehead atoms. The summed E-state index contributed by atoms with van der Waals surface area (Å²) in [5.41, 5.74) is 0.333. The highest BCUT2D eigenvalue weighted by atomic mass is 32.1. The number of anilines is 1. The van der Waals surface area contributed by atoms with E-state index in [0.717, 1.165) is 36.4 Å². The SMILES string of the molecule is CCOCC1CCN(C)C2(C1)CN(c1nnc(C)s1)C2. The van der Waals surface area contributed by atoms with Gasteiger partial charge >= 0.3 is 0 Å². The van der Waals surface area contributed by atoms with E-state index in [1.807, 2.05) is 6.92 Å². The first-order chi connectivity index (χ1) is 9.63. The molecule has 5 nitrogen and oxygen atoms in total. The van der Waals surface area contributed by atoms with Gasteiger partial charge in [0.1, 0.15) is 5.01 Å². The van der Waals surface area contributed by atoms with E-state index >= 15 is 0 Å². The summed E-state index contributed by atoms with van der Waals surface area (Å²) in [5, 5.41) is 10.5. The van der Waals surface area contributed by atoms with Crippen molar-refractivity contribution in [2.75, 3.05) is 44.8 Å². The summed E-state index contributed by atoms with van der Waals surface area (Å²) in [6, 6.07) is 0. The van der Waals surface area contributed by atoms with Crippen LogP contribution in [0, 0.1) is 12.8 Å². The standard InChI is InChI=1S/C14H24N4OS/c1-4-19-8-12-5-6-17(3)14(7-12)9-18(10-14)13-16-15-11(2)20-13/h12H,4-10H2,1-3H3. The fraction of sp³-hybridized carbons (Fsp3) is 0.857. The number of piperidine rings is 1. The molecule has 0 aromatic carbocycles. The Labute approximate surface area is 124 Å². The summed E-state index contributed by atoms with van der Waals surface area (Å²) in [6.45, 7) is 9.19. The minimum Gasteiger partial charge on any atom is -0.381 e. The molecular weight excluding hydrogens is 272 g/mol. The Morgan fingerprint density at radius 1 is 1.40 bits per heavy atom. The molecule has 20 heavy (non-hydrogen) atoms. The molecule has 1 unspecified atom stereocenters. The highest BCUT2D eigenvalue weighted by molar-refractivity contribution is 7.15. The van der Waals surface area contributed by atoms with Gasteiger partial charge in [0.15, 0.2) is 0 Å². The van der Waals surface area contributed by atoms with Crippen molar-refractivity contribution in [1.82, 2.24) is 15.1 Å². The highest BCUT2D eigenvalue weighted by Gasteiger charge is 2.50. The number of likely N-dealkylation sites (tertiary alicyclic amines) is 1. The Hall–Kier alpha value is -0.720. The first kappa shape index (κ1) is 14.2. The third-order valence-corrected chi connectivity index (χ3v) is 5.56. The van der Waals surface area contributed by atoms with Crippen molar-refractivity contribution in [3.05, 3.63) is 5.01 Å². The third kappa shape index (κ3) is 2.56. The molecule has 3 rings (SSSR count). The molecule has 6 heteroatoms. The maximum Gasteiger partial charge on any atom is 0.208 e. The summed E-state index contributed by atoms with van der Waals surface area (Å²) in [6.07, 6.45) is 2.51. The van der Waals surface area contributed by atoms with Gasteiger partial charge in [0, 0.05) is 26.3 Å². The van der Waals surface area contributed by atoms with Crippen molar-refractivity contribution in [3.8, 4) is 0 Å². The first-order valence-corrected chi connectivity index (χ1v) is 8.28. The average Bonchev–Trinajstić information content (AvgIpc) is 2.81. The topological polar surface area (TPSA) is 41.5 Å². The molecule has 1 aromatic rings. The predicted octanol–water partition coefficient (Wildman–Crippen LogP) is 1.78. The van der Waals surface area contributed by atoms with Crippen molar-refractivity contribution in [3.63, 3.8) is 0 Å². The second-order valence-electron chi connectivity index (χ2n) is 6.12. The molecule has 2 fully saturated rings. The number of likely N-dealkylation sites (N-methyl/N-ethyl adjacent to an activating group) is 1. The maximum atomic E-state index is 5.63. The van der Waals surface area contributed by atoms with Crippen LogP contribution >= 0.6 is 11.3 Å². The second-order valence-corrected chi connectivity index (χ2v) is 7.28. The van der Waals surface area contributed by atoms with Crippen molar-refractivity contribution in [2.24, 2.45) is 5.92 Å². The van der Waals surface area contributed by atoms with Crippen LogP contribution in [0.15, 0.2) is 0 Å². The number of rotatable bonds is 4. The van der Waals surface area contributed by atoms with E-state index in [1.54, 1.807) is 11.3 Å². The molecule has 1 spiro atoms. The Morgan fingerprint density at radius 3 is 2.85 bits per heavy atom. The number of ether oxygens (including phenoxy) is 1. The largest absolute Gasteiger partial charge is 0.381 e. The van der Waals surface area contributed by atoms with Gasteiger partial charge in [-0.15, -0.1) is 10.2 Å². The molecule has 2 aliphatic rings. The van der Waals surface area contributed by atoms with E-state index in [-0.39, 0.29) is 0 Å². The van der Waals surface area contributed by atoms with E-state index in [0.29, 0.717) is 11.5 Å². The number of nitrogens with zero attached hydrogens (tertiary/aromatic N) is 4. The maximum absolute atomic E-state index is 5.63. The lowest BCUT2D eigenvalue weighted by molar-refractivity contribution is -0.0102. The van der Waals surface area contributed by atoms with Crippen LogP contribution in [0.25, 0.3) is 0 Å². The zero-order valence-corrected chi connectivity index (χ0v) is 13.4. The van der Waals surface area contributed by atoms with Gasteiger partial charge in [0.25, 0.3) is 0 Å². The minimum absolute atomic E-state index is 0.333. The van der Waals surface area contributed by atoms with Crippen molar-refractivity contribution in [2.45, 2.75) is 32.2 Å². The van der Waals surface area contributed by atoms with Gasteiger partial charge in [-0.05, 0) is 46.2 Å². The van der Waals surface area contributed by atoms with Crippen LogP contribution in [-0.2, 0) is 4.74 Å². The molecule has 1 atom stereocenters. The van der Waals surface area contributed by atoms with Gasteiger partial charge in [-0.1, -0.05) is 11.3 Å². The lowest BCUT2D eigenvalue weighted by Crippen LogP contribution is -2.72. The lowest BCUT2D eigenvalue weighted by Gasteiger charge is -2.58. The van der Waals surface area contributed by atoms with E-state index in [9.17, 15) is 0 Å². The summed E-state index contributed by atoms with van der Waals surface area (Å²) >= 11 is 1.70. The monoisotopic (exact) mass is 296 g/mol. The van der Waals surface area contributed by atoms with Gasteiger partial charge in [0.05, 0.1) is 5.54 Å². The van der Waals surface area contributed by atoms with Crippen LogP contribution in [0.2, 0.25) is 0 Å². The van der Waals surface area contributed by atoms with Crippen LogP contribution in [0.5, 0.6) is 0 Å². The molecule has 2 aliphatic heterocycles. The summed E-state index contributed by atoms with van der Waals surface area (Å²) in [5.74, 6) is 0.712. The normalized spacial score (nSPS) is 25.9. The second kappa shape index (κ2) is 5.58. The van der Waals surface area contributed by atoms with Gasteiger partial charge in [-0.25, -0.2) is 0 Å². The average molecular weight is 296 g/mol. The van der Waals surface area contributed by atoms with Crippen LogP contribution < -0.4 is 4.90 Å². The molecule has 112 valence electrons. The molecule has 0 amide bonds. The smallest absolute Gasteiger partial charge is 0.208 e. The van der Waals surface area contributed by atoms with E-state index in [2.05, 4.69) is 34.0 Å². The van der Waals surface area contributed by atoms with Gasteiger partial charge in [-0.3, -0.25) is 4.90 Å². The van der Waals surface area contributed by atoms with Gasteiger partial charge in [-0.2, -0.15) is 0 Å². The summed E-state index contributed by atoms with van der Waals surface area (Å²) < 4.78 is 5.63. The highest BCUT2D eigenvalue weighted by Crippen LogP contribution is 2.40. The van der Waals surface area contributed by atoms with Gasteiger partial charge in [0.2, 0.25) is 5.13 Å². The molecular formula is C14H24N4OS. The first-order valence-electron chi connectivity index (χ1n) is 7.47. The Kier molecular flexibility index (Phi) is 3.97. The van der Waals surface area contributed by atoms with Crippen molar-refractivity contribution in [1.29, 1.82) is 0 Å². The van der Waals surface area contributed by atoms with Crippen LogP contribution in [0.1, 0.15) is 24.8 Å². The summed E-state index contributed by atoms with van der Waals surface area (Å²) in [7, 11) is 2.26. The molecule has 2 saturated heterocycles. The van der Waals surface area contributed by atoms with Crippen molar-refractivity contribution < 1.29 is 4.74 Å². The fourth-order valence-electron chi connectivity index (χ4n) is 3.42. The zero-order valence-electron chi connectivity index (χ0n) is 12.6. The fourth-order valence-corrected chi connectivity index (χ4v) is 4.11. The molecule has 0 N–H and O–H groups in total. The van der Waals surface area contributed by atoms with Crippen LogP contribution in [-0.4, -0.2) is 60.5 Å². The van der Waals surface area contributed by atoms with Crippen LogP contribution in [0.3, 0.4) is 0 Å². The third-order valence-electron chi connectivity index (χ3n) is 4.67. The van der Waals surface area contributed by atoms with E-state index in [1.165, 1.54) is 19.4 Å². The number of hydrogen-bond acceptors (Lipinski definition) is 6. The number of hydrogen-bond donors (Lipinski definition) is 0. The molecule has 1 aromatic heterocycles. The van der Waals surface area contributed by atoms with E-state index < -0.39 is 0 Å². The Morgan fingerprint density at radius 2 is 2.20 bits per heavy atom. The Balaban J connectivity index is 1.61. The lowest BCUT2D eigenvalue weighted by atomic mass is 9.75. The quantitative estimate of drug-likeness (QED) is 0.847. The predicted molar refractivity (Wildman–Crippen MR) is 81.4 cm³/mol. The van der Waals surface area contributed by atoms with Crippen molar-refractivity contribution >= 4 is 16.5 Å². The summed E-state index contributed by atoms with van der Waals surface area (Å²) in [4.78, 5) is 4.91. The van der Waals surface area contributed by atoms with Gasteiger partial charge < -0.3 is 9.64 Å². The molecule has 0 radical (unpaired) electrons. The molecule has 3 heterocycles. The van der Waals surface area contributed by atoms with Crippen LogP contribution in [0.4, 0.5) is 5.13 Å². The number of aromatic nitrogens is 2. The number of aryl methyl sites for hydroxylation is 1. The molecule has 0 aliphatic carbocycles. The Bertz CT molecular complexity index is 456. The van der Waals surface area contributed by atoms with E-state index in [4.69, 9.17) is 4.74 Å². The zero-order chi connectivity index (χ0) is 14.2. The molecule has 0 saturated carbocycles.